The van der Waals surface area contributed by atoms with E-state index in [1.807, 2.05) is 57.7 Å². The fraction of sp³-hybridized carbons (Fsp3) is 0.120. The standard InChI is InChI=1S/2C25H19FN4O2/c2*26-20-11-21-19(10-18(20)16-3-6-23-24(9-16)32-14-31-23)25-22(12-28-21)29-13-30(25)17-4-1-15(2-5-17)7-8-27/h2*1-6,9-13H,7-8,14,27H2. The summed E-state index contributed by atoms with van der Waals surface area (Å²) in [5.41, 5.74) is 22.4. The molecule has 0 amide bonds. The van der Waals surface area contributed by atoms with E-state index in [1.54, 1.807) is 49.3 Å². The molecule has 0 unspecified atom stereocenters. The van der Waals surface area contributed by atoms with Gasteiger partial charge in [-0.15, -0.1) is 0 Å². The number of benzene rings is 6. The van der Waals surface area contributed by atoms with Crippen LogP contribution in [0.4, 0.5) is 8.78 Å². The number of aromatic nitrogens is 6. The maximum absolute atomic E-state index is 15.1. The molecule has 6 aromatic carbocycles. The first kappa shape index (κ1) is 38.9. The lowest BCUT2D eigenvalue weighted by molar-refractivity contribution is 0.173. The predicted octanol–water partition coefficient (Wildman–Crippen LogP) is 9.22. The summed E-state index contributed by atoms with van der Waals surface area (Å²) < 4.78 is 55.9. The molecule has 6 heterocycles. The van der Waals surface area contributed by atoms with E-state index >= 15 is 8.78 Å². The molecule has 12 nitrogen and oxygen atoms in total. The van der Waals surface area contributed by atoms with Crippen molar-refractivity contribution in [1.29, 1.82) is 0 Å². The van der Waals surface area contributed by atoms with Gasteiger partial charge in [-0.25, -0.2) is 18.7 Å². The molecule has 0 atom stereocenters. The third kappa shape index (κ3) is 6.94. The number of hydrogen-bond acceptors (Lipinski definition) is 10. The zero-order valence-electron chi connectivity index (χ0n) is 34.2. The Kier molecular flexibility index (Phi) is 9.78. The van der Waals surface area contributed by atoms with E-state index in [1.165, 1.54) is 23.3 Å². The van der Waals surface area contributed by atoms with Gasteiger partial charge in [0.2, 0.25) is 13.6 Å². The van der Waals surface area contributed by atoms with Crippen molar-refractivity contribution in [2.45, 2.75) is 12.8 Å². The Labute approximate surface area is 364 Å². The highest BCUT2D eigenvalue weighted by atomic mass is 19.1. The summed E-state index contributed by atoms with van der Waals surface area (Å²) in [4.78, 5) is 17.9. The van der Waals surface area contributed by atoms with Gasteiger partial charge in [0.15, 0.2) is 23.0 Å². The molecule has 316 valence electrons. The highest BCUT2D eigenvalue weighted by molar-refractivity contribution is 6.05. The Morgan fingerprint density at radius 1 is 0.469 bits per heavy atom. The number of hydrogen-bond donors (Lipinski definition) is 2. The third-order valence-corrected chi connectivity index (χ3v) is 11.6. The van der Waals surface area contributed by atoms with E-state index in [2.05, 4.69) is 44.2 Å². The van der Waals surface area contributed by atoms with Gasteiger partial charge in [0.25, 0.3) is 0 Å². The molecule has 0 radical (unpaired) electrons. The molecule has 2 aliphatic rings. The molecule has 14 heteroatoms. The van der Waals surface area contributed by atoms with Crippen molar-refractivity contribution in [3.8, 4) is 56.6 Å². The van der Waals surface area contributed by atoms with Crippen molar-refractivity contribution in [1.82, 2.24) is 29.1 Å². The summed E-state index contributed by atoms with van der Waals surface area (Å²) in [6.07, 6.45) is 8.56. The second-order valence-corrected chi connectivity index (χ2v) is 15.5. The third-order valence-electron chi connectivity index (χ3n) is 11.6. The normalized spacial score (nSPS) is 12.7. The van der Waals surface area contributed by atoms with Crippen molar-refractivity contribution in [2.24, 2.45) is 11.5 Å². The minimum absolute atomic E-state index is 0.173. The molecular weight excluding hydrogens is 815 g/mol. The van der Waals surface area contributed by atoms with E-state index < -0.39 is 0 Å². The van der Waals surface area contributed by atoms with Crippen LogP contribution in [0.3, 0.4) is 0 Å². The number of fused-ring (bicyclic) bond motifs is 8. The number of ether oxygens (including phenoxy) is 4. The molecule has 0 saturated heterocycles. The average Bonchev–Trinajstić information content (AvgIpc) is 4.16. The Morgan fingerprint density at radius 3 is 1.31 bits per heavy atom. The van der Waals surface area contributed by atoms with Gasteiger partial charge < -0.3 is 30.4 Å². The minimum atomic E-state index is -0.347. The molecule has 0 saturated carbocycles. The molecule has 0 spiro atoms. The van der Waals surface area contributed by atoms with Crippen LogP contribution in [-0.2, 0) is 12.8 Å². The van der Waals surface area contributed by atoms with E-state index in [-0.39, 0.29) is 25.2 Å². The van der Waals surface area contributed by atoms with E-state index in [9.17, 15) is 0 Å². The van der Waals surface area contributed by atoms with Crippen molar-refractivity contribution < 1.29 is 27.7 Å². The zero-order valence-corrected chi connectivity index (χ0v) is 34.2. The molecule has 4 N–H and O–H groups in total. The van der Waals surface area contributed by atoms with Crippen LogP contribution in [0, 0.1) is 11.6 Å². The number of pyridine rings is 2. The van der Waals surface area contributed by atoms with E-state index in [0.717, 1.165) is 57.1 Å². The maximum atomic E-state index is 15.1. The number of rotatable bonds is 8. The largest absolute Gasteiger partial charge is 0.454 e. The summed E-state index contributed by atoms with van der Waals surface area (Å²) in [7, 11) is 0. The lowest BCUT2D eigenvalue weighted by atomic mass is 10.0. The molecule has 0 fully saturated rings. The smallest absolute Gasteiger partial charge is 0.231 e. The number of halogens is 2. The SMILES string of the molecule is NCCc1ccc(-n2cnc3cnc4cc(F)c(-c5ccc6c(c5)OCO6)cc4c32)cc1.NCCc1ccc(-n2cnc3cnc4cc(F)c(-c5ccc6c(c5)OCO6)cc4c32)cc1. The Bertz CT molecular complexity index is 3180. The summed E-state index contributed by atoms with van der Waals surface area (Å²) in [6, 6.07) is 33.9. The summed E-state index contributed by atoms with van der Waals surface area (Å²) in [5, 5.41) is 1.64. The first-order valence-electron chi connectivity index (χ1n) is 20.7. The van der Waals surface area contributed by atoms with Crippen molar-refractivity contribution in [3.05, 3.63) is 157 Å². The zero-order chi connectivity index (χ0) is 43.3. The first-order valence-corrected chi connectivity index (χ1v) is 20.7. The Hall–Kier alpha value is -7.94. The van der Waals surface area contributed by atoms with Gasteiger partial charge >= 0.3 is 0 Å². The molecule has 2 aliphatic heterocycles. The molecule has 0 bridgehead atoms. The summed E-state index contributed by atoms with van der Waals surface area (Å²) >= 11 is 0. The predicted molar refractivity (Wildman–Crippen MR) is 241 cm³/mol. The average molecular weight is 853 g/mol. The van der Waals surface area contributed by atoms with Crippen LogP contribution in [0.5, 0.6) is 23.0 Å². The van der Waals surface area contributed by atoms with E-state index in [4.69, 9.17) is 30.4 Å². The van der Waals surface area contributed by atoms with Crippen LogP contribution in [0.25, 0.3) is 77.5 Å². The van der Waals surface area contributed by atoms with Gasteiger partial charge in [0.1, 0.15) is 35.3 Å². The molecule has 64 heavy (non-hydrogen) atoms. The Balaban J connectivity index is 0.000000143. The van der Waals surface area contributed by atoms with Gasteiger partial charge in [-0.3, -0.25) is 19.1 Å². The van der Waals surface area contributed by atoms with Crippen LogP contribution in [0.1, 0.15) is 11.1 Å². The van der Waals surface area contributed by atoms with Crippen LogP contribution in [0.15, 0.2) is 134 Å². The van der Waals surface area contributed by atoms with Crippen molar-refractivity contribution in [2.75, 3.05) is 26.7 Å². The molecular formula is C50H38F2N8O4. The summed E-state index contributed by atoms with van der Waals surface area (Å²) in [5.74, 6) is 1.85. The highest BCUT2D eigenvalue weighted by Gasteiger charge is 2.20. The topological polar surface area (TPSA) is 150 Å². The molecule has 12 rings (SSSR count). The van der Waals surface area contributed by atoms with Crippen molar-refractivity contribution in [3.63, 3.8) is 0 Å². The number of nitrogens with two attached hydrogens (primary N) is 2. The van der Waals surface area contributed by atoms with Gasteiger partial charge in [-0.1, -0.05) is 36.4 Å². The fourth-order valence-corrected chi connectivity index (χ4v) is 8.37. The quantitative estimate of drug-likeness (QED) is 0.152. The second kappa shape index (κ2) is 16.1. The molecule has 0 aliphatic carbocycles. The van der Waals surface area contributed by atoms with Crippen LogP contribution in [-0.4, -0.2) is 55.7 Å². The summed E-state index contributed by atoms with van der Waals surface area (Å²) in [6.45, 7) is 1.56. The first-order chi connectivity index (χ1) is 31.4. The van der Waals surface area contributed by atoms with Gasteiger partial charge in [0, 0.05) is 45.4 Å². The Morgan fingerprint density at radius 2 is 0.891 bits per heavy atom. The van der Waals surface area contributed by atoms with Crippen LogP contribution >= 0.6 is 0 Å². The molecule has 10 aromatic rings. The van der Waals surface area contributed by atoms with Gasteiger partial charge in [0.05, 0.1) is 34.5 Å². The fourth-order valence-electron chi connectivity index (χ4n) is 8.37. The number of nitrogens with zero attached hydrogens (tertiary/aromatic N) is 6. The maximum Gasteiger partial charge on any atom is 0.231 e. The van der Waals surface area contributed by atoms with Crippen LogP contribution in [0.2, 0.25) is 0 Å². The highest BCUT2D eigenvalue weighted by Crippen LogP contribution is 2.40. The molecule has 4 aromatic heterocycles. The lowest BCUT2D eigenvalue weighted by Gasteiger charge is -2.10. The van der Waals surface area contributed by atoms with E-state index in [0.29, 0.717) is 69.4 Å². The minimum Gasteiger partial charge on any atom is -0.454 e. The van der Waals surface area contributed by atoms with Gasteiger partial charge in [-0.2, -0.15) is 0 Å². The van der Waals surface area contributed by atoms with Crippen LogP contribution < -0.4 is 30.4 Å². The second-order valence-electron chi connectivity index (χ2n) is 15.5. The lowest BCUT2D eigenvalue weighted by Crippen LogP contribution is -2.02. The number of imidazole rings is 2. The monoisotopic (exact) mass is 852 g/mol. The van der Waals surface area contributed by atoms with Gasteiger partial charge in [-0.05, 0) is 109 Å². The van der Waals surface area contributed by atoms with Crippen molar-refractivity contribution >= 4 is 43.9 Å².